The summed E-state index contributed by atoms with van der Waals surface area (Å²) >= 11 is 0. The normalized spacial score (nSPS) is 26.0. The average molecular weight is 358 g/mol. The molecule has 3 saturated carbocycles. The lowest BCUT2D eigenvalue weighted by molar-refractivity contribution is -0.140. The third kappa shape index (κ3) is 4.01. The third-order valence-electron chi connectivity index (χ3n) is 5.67. The van der Waals surface area contributed by atoms with E-state index in [9.17, 15) is 9.59 Å². The molecule has 3 fully saturated rings. The van der Waals surface area contributed by atoms with E-state index in [4.69, 9.17) is 9.84 Å². The fourth-order valence-electron chi connectivity index (χ4n) is 3.67. The Kier molecular flexibility index (Phi) is 4.61. The van der Waals surface area contributed by atoms with Crippen LogP contribution in [-0.4, -0.2) is 52.7 Å². The predicted molar refractivity (Wildman–Crippen MR) is 95.9 cm³/mol. The molecule has 0 bridgehead atoms. The van der Waals surface area contributed by atoms with Gasteiger partial charge in [0.25, 0.3) is 5.91 Å². The quantitative estimate of drug-likeness (QED) is 0.706. The second-order valence-corrected chi connectivity index (χ2v) is 7.97. The van der Waals surface area contributed by atoms with Crippen LogP contribution in [0.2, 0.25) is 0 Å². The van der Waals surface area contributed by atoms with Crippen LogP contribution in [0.25, 0.3) is 0 Å². The molecule has 6 heteroatoms. The molecule has 3 aliphatic carbocycles. The van der Waals surface area contributed by atoms with Gasteiger partial charge in [0, 0.05) is 31.5 Å². The molecule has 0 radical (unpaired) electrons. The summed E-state index contributed by atoms with van der Waals surface area (Å²) in [6, 6.07) is 9.85. The fraction of sp³-hybridized carbons (Fsp3) is 0.600. The number of hydrogen-bond donors (Lipinski definition) is 2. The van der Waals surface area contributed by atoms with Crippen molar-refractivity contribution in [2.75, 3.05) is 13.1 Å². The highest BCUT2D eigenvalue weighted by Gasteiger charge is 2.54. The van der Waals surface area contributed by atoms with E-state index < -0.39 is 11.6 Å². The monoisotopic (exact) mass is 358 g/mol. The summed E-state index contributed by atoms with van der Waals surface area (Å²) in [5, 5.41) is 12.2. The molecule has 1 aromatic carbocycles. The highest BCUT2D eigenvalue weighted by Crippen LogP contribution is 2.41. The van der Waals surface area contributed by atoms with Crippen molar-refractivity contribution in [3.05, 3.63) is 30.3 Å². The van der Waals surface area contributed by atoms with E-state index in [1.54, 1.807) is 0 Å². The molecule has 0 aliphatic heterocycles. The Labute approximate surface area is 153 Å². The lowest BCUT2D eigenvalue weighted by Gasteiger charge is -2.43. The SMILES string of the molecule is O=C(O)CN(CC1CC1)C1CC(NC(=O)C2(Oc3ccccc3)CC2)C1. The molecular formula is C20H26N2O4. The van der Waals surface area contributed by atoms with Gasteiger partial charge in [-0.3, -0.25) is 14.5 Å². The maximum Gasteiger partial charge on any atom is 0.317 e. The van der Waals surface area contributed by atoms with Crippen molar-refractivity contribution < 1.29 is 19.4 Å². The Bertz CT molecular complexity index is 664. The first-order chi connectivity index (χ1) is 12.5. The minimum absolute atomic E-state index is 0.0308. The number of amides is 1. The third-order valence-corrected chi connectivity index (χ3v) is 5.67. The second-order valence-electron chi connectivity index (χ2n) is 7.97. The molecule has 0 heterocycles. The molecule has 1 aromatic rings. The van der Waals surface area contributed by atoms with Gasteiger partial charge in [0.15, 0.2) is 5.60 Å². The van der Waals surface area contributed by atoms with Crippen LogP contribution in [0.1, 0.15) is 38.5 Å². The fourth-order valence-corrected chi connectivity index (χ4v) is 3.67. The maximum atomic E-state index is 12.6. The lowest BCUT2D eigenvalue weighted by Crippen LogP contribution is -2.57. The summed E-state index contributed by atoms with van der Waals surface area (Å²) in [7, 11) is 0. The van der Waals surface area contributed by atoms with Gasteiger partial charge < -0.3 is 15.2 Å². The highest BCUT2D eigenvalue weighted by molar-refractivity contribution is 5.88. The number of benzene rings is 1. The van der Waals surface area contributed by atoms with Gasteiger partial charge in [-0.1, -0.05) is 18.2 Å². The molecule has 6 nitrogen and oxygen atoms in total. The molecule has 0 unspecified atom stereocenters. The summed E-state index contributed by atoms with van der Waals surface area (Å²) in [5.74, 6) is 0.587. The molecule has 0 atom stereocenters. The average Bonchev–Trinajstić information content (AvgIpc) is 3.47. The van der Waals surface area contributed by atoms with Crippen molar-refractivity contribution in [3.8, 4) is 5.75 Å². The Balaban J connectivity index is 1.26. The number of nitrogens with zero attached hydrogens (tertiary/aromatic N) is 1. The van der Waals surface area contributed by atoms with Crippen LogP contribution in [0.3, 0.4) is 0 Å². The van der Waals surface area contributed by atoms with Gasteiger partial charge in [0.1, 0.15) is 5.75 Å². The molecule has 140 valence electrons. The zero-order valence-electron chi connectivity index (χ0n) is 14.9. The van der Waals surface area contributed by atoms with E-state index in [0.717, 1.165) is 38.0 Å². The molecule has 2 N–H and O–H groups in total. The largest absolute Gasteiger partial charge is 0.480 e. The summed E-state index contributed by atoms with van der Waals surface area (Å²) in [6.07, 6.45) is 5.57. The topological polar surface area (TPSA) is 78.9 Å². The zero-order valence-corrected chi connectivity index (χ0v) is 14.9. The second kappa shape index (κ2) is 6.91. The number of carbonyl (C=O) groups excluding carboxylic acids is 1. The molecule has 0 aromatic heterocycles. The van der Waals surface area contributed by atoms with Crippen LogP contribution in [-0.2, 0) is 9.59 Å². The summed E-state index contributed by atoms with van der Waals surface area (Å²) in [5.41, 5.74) is -0.707. The van der Waals surface area contributed by atoms with E-state index in [1.165, 1.54) is 12.8 Å². The maximum absolute atomic E-state index is 12.6. The number of rotatable bonds is 9. The Morgan fingerprint density at radius 1 is 1.19 bits per heavy atom. The summed E-state index contributed by atoms with van der Waals surface area (Å²) < 4.78 is 5.93. The molecule has 0 saturated heterocycles. The van der Waals surface area contributed by atoms with Crippen molar-refractivity contribution in [1.82, 2.24) is 10.2 Å². The molecule has 3 aliphatic rings. The van der Waals surface area contributed by atoms with Gasteiger partial charge in [-0.15, -0.1) is 0 Å². The molecule has 4 rings (SSSR count). The van der Waals surface area contributed by atoms with Crippen molar-refractivity contribution in [3.63, 3.8) is 0 Å². The first-order valence-electron chi connectivity index (χ1n) is 9.55. The minimum Gasteiger partial charge on any atom is -0.480 e. The first kappa shape index (κ1) is 17.3. The molecule has 1 amide bonds. The van der Waals surface area contributed by atoms with Crippen LogP contribution < -0.4 is 10.1 Å². The van der Waals surface area contributed by atoms with Crippen LogP contribution in [0.15, 0.2) is 30.3 Å². The smallest absolute Gasteiger partial charge is 0.317 e. The van der Waals surface area contributed by atoms with Gasteiger partial charge >= 0.3 is 5.97 Å². The number of aliphatic carboxylic acids is 1. The van der Waals surface area contributed by atoms with E-state index >= 15 is 0 Å². The van der Waals surface area contributed by atoms with Gasteiger partial charge in [-0.2, -0.15) is 0 Å². The Morgan fingerprint density at radius 3 is 2.46 bits per heavy atom. The van der Waals surface area contributed by atoms with E-state index in [0.29, 0.717) is 5.92 Å². The predicted octanol–water partition coefficient (Wildman–Crippen LogP) is 2.04. The number of carboxylic acid groups (broad SMARTS) is 1. The van der Waals surface area contributed by atoms with E-state index in [-0.39, 0.29) is 24.5 Å². The molecular weight excluding hydrogens is 332 g/mol. The highest BCUT2D eigenvalue weighted by atomic mass is 16.5. The first-order valence-corrected chi connectivity index (χ1v) is 9.55. The number of ether oxygens (including phenoxy) is 1. The van der Waals surface area contributed by atoms with Gasteiger partial charge in [-0.25, -0.2) is 0 Å². The number of carbonyl (C=O) groups is 2. The van der Waals surface area contributed by atoms with Crippen molar-refractivity contribution in [2.45, 2.75) is 56.2 Å². The Morgan fingerprint density at radius 2 is 1.88 bits per heavy atom. The Hall–Kier alpha value is -2.08. The number of para-hydroxylation sites is 1. The minimum atomic E-state index is -0.772. The van der Waals surface area contributed by atoms with Crippen LogP contribution in [0, 0.1) is 5.92 Å². The number of hydrogen-bond acceptors (Lipinski definition) is 4. The van der Waals surface area contributed by atoms with Crippen LogP contribution in [0.4, 0.5) is 0 Å². The van der Waals surface area contributed by atoms with Crippen molar-refractivity contribution in [2.24, 2.45) is 5.92 Å². The van der Waals surface area contributed by atoms with E-state index in [1.807, 2.05) is 30.3 Å². The number of nitrogens with one attached hydrogen (secondary N) is 1. The van der Waals surface area contributed by atoms with Crippen LogP contribution >= 0.6 is 0 Å². The number of carboxylic acids is 1. The molecule has 0 spiro atoms. The van der Waals surface area contributed by atoms with Crippen molar-refractivity contribution >= 4 is 11.9 Å². The lowest BCUT2D eigenvalue weighted by atomic mass is 9.85. The van der Waals surface area contributed by atoms with Crippen LogP contribution in [0.5, 0.6) is 5.75 Å². The summed E-state index contributed by atoms with van der Waals surface area (Å²) in [4.78, 5) is 25.8. The van der Waals surface area contributed by atoms with Crippen molar-refractivity contribution in [1.29, 1.82) is 0 Å². The van der Waals surface area contributed by atoms with Gasteiger partial charge in [0.05, 0.1) is 6.54 Å². The van der Waals surface area contributed by atoms with Gasteiger partial charge in [-0.05, 0) is 43.7 Å². The standard InChI is InChI=1S/C20H26N2O4/c23-18(24)13-22(12-14-6-7-14)16-10-15(11-16)21-19(25)20(8-9-20)26-17-4-2-1-3-5-17/h1-5,14-16H,6-13H2,(H,21,25)(H,23,24). The van der Waals surface area contributed by atoms with Gasteiger partial charge in [0.2, 0.25) is 0 Å². The molecule has 26 heavy (non-hydrogen) atoms. The summed E-state index contributed by atoms with van der Waals surface area (Å²) in [6.45, 7) is 0.974. The van der Waals surface area contributed by atoms with E-state index in [2.05, 4.69) is 10.2 Å². The zero-order chi connectivity index (χ0) is 18.1.